The van der Waals surface area contributed by atoms with E-state index < -0.39 is 5.91 Å². The summed E-state index contributed by atoms with van der Waals surface area (Å²) in [5.74, 6) is -0.405. The van der Waals surface area contributed by atoms with Gasteiger partial charge in [0, 0.05) is 36.1 Å². The van der Waals surface area contributed by atoms with Gasteiger partial charge < -0.3 is 20.9 Å². The molecule has 1 aliphatic carbocycles. The molecule has 0 radical (unpaired) electrons. The molecule has 0 bridgehead atoms. The monoisotopic (exact) mass is 468 g/mol. The Hall–Kier alpha value is -3.87. The molecule has 2 aliphatic heterocycles. The Morgan fingerprint density at radius 1 is 1.06 bits per heavy atom. The van der Waals surface area contributed by atoms with Crippen LogP contribution in [0.3, 0.4) is 0 Å². The van der Waals surface area contributed by atoms with Crippen LogP contribution in [0, 0.1) is 0 Å². The van der Waals surface area contributed by atoms with Crippen molar-refractivity contribution in [2.45, 2.75) is 50.6 Å². The average molecular weight is 469 g/mol. The highest BCUT2D eigenvalue weighted by molar-refractivity contribution is 6.11. The number of nitrogens with two attached hydrogens (primary N) is 1. The second-order valence-electron chi connectivity index (χ2n) is 10.0. The second-order valence-corrected chi connectivity index (χ2v) is 10.0. The van der Waals surface area contributed by atoms with Crippen molar-refractivity contribution in [2.24, 2.45) is 5.73 Å². The summed E-state index contributed by atoms with van der Waals surface area (Å²) in [4.78, 5) is 42.0. The van der Waals surface area contributed by atoms with E-state index in [9.17, 15) is 14.4 Å². The summed E-state index contributed by atoms with van der Waals surface area (Å²) in [5.41, 5.74) is 13.6. The van der Waals surface area contributed by atoms with E-state index in [1.165, 1.54) is 17.2 Å². The number of aryl methyl sites for hydroxylation is 1. The Labute approximate surface area is 203 Å². The molecule has 7 heteroatoms. The number of fused-ring (bicyclic) bond motifs is 4. The third-order valence-corrected chi connectivity index (χ3v) is 8.06. The Balaban J connectivity index is 1.53. The smallest absolute Gasteiger partial charge is 0.250 e. The van der Waals surface area contributed by atoms with E-state index in [-0.39, 0.29) is 17.4 Å². The lowest BCUT2D eigenvalue weighted by atomic mass is 9.77. The number of primary amides is 1. The lowest BCUT2D eigenvalue weighted by Gasteiger charge is -2.33. The first-order valence-electron chi connectivity index (χ1n) is 12.2. The van der Waals surface area contributed by atoms with Crippen molar-refractivity contribution in [2.75, 3.05) is 6.54 Å². The van der Waals surface area contributed by atoms with Crippen LogP contribution < -0.4 is 11.1 Å². The first kappa shape index (κ1) is 21.6. The Bertz CT molecular complexity index is 1440. The summed E-state index contributed by atoms with van der Waals surface area (Å²) in [6.07, 6.45) is 5.93. The summed E-state index contributed by atoms with van der Waals surface area (Å²) in [5, 5.41) is 4.26. The normalized spacial score (nSPS) is 21.0. The lowest BCUT2D eigenvalue weighted by molar-refractivity contribution is -0.126. The third-order valence-electron chi connectivity index (χ3n) is 8.06. The van der Waals surface area contributed by atoms with Gasteiger partial charge in [0.15, 0.2) is 0 Å². The molecule has 1 saturated heterocycles. The molecule has 3 aliphatic rings. The van der Waals surface area contributed by atoms with Gasteiger partial charge in [-0.1, -0.05) is 30.8 Å². The number of H-pyrrole nitrogens is 1. The van der Waals surface area contributed by atoms with Crippen LogP contribution in [0.1, 0.15) is 52.0 Å². The van der Waals surface area contributed by atoms with E-state index in [0.29, 0.717) is 25.1 Å². The summed E-state index contributed by atoms with van der Waals surface area (Å²) < 4.78 is 0. The van der Waals surface area contributed by atoms with E-state index in [0.717, 1.165) is 65.4 Å². The number of carbonyl (C=O) groups is 3. The van der Waals surface area contributed by atoms with Crippen LogP contribution in [-0.4, -0.2) is 39.7 Å². The number of hydrogen-bond donors (Lipinski definition) is 3. The highest BCUT2D eigenvalue weighted by Crippen LogP contribution is 2.43. The number of rotatable bonds is 3. The third kappa shape index (κ3) is 3.37. The number of benzene rings is 2. The highest BCUT2D eigenvalue weighted by Gasteiger charge is 2.42. The fourth-order valence-electron chi connectivity index (χ4n) is 6.33. The van der Waals surface area contributed by atoms with Gasteiger partial charge in [0.25, 0.3) is 5.91 Å². The van der Waals surface area contributed by atoms with Crippen LogP contribution in [0.25, 0.3) is 22.0 Å². The zero-order chi connectivity index (χ0) is 24.3. The lowest BCUT2D eigenvalue weighted by Crippen LogP contribution is -2.46. The van der Waals surface area contributed by atoms with Crippen molar-refractivity contribution >= 4 is 28.6 Å². The van der Waals surface area contributed by atoms with Gasteiger partial charge in [-0.15, -0.1) is 0 Å². The van der Waals surface area contributed by atoms with Gasteiger partial charge in [-0.25, -0.2) is 0 Å². The molecule has 2 aromatic carbocycles. The van der Waals surface area contributed by atoms with Gasteiger partial charge in [-0.05, 0) is 72.1 Å². The minimum atomic E-state index is -0.460. The largest absolute Gasteiger partial charge is 0.366 e. The van der Waals surface area contributed by atoms with Crippen LogP contribution in [0.5, 0.6) is 0 Å². The summed E-state index contributed by atoms with van der Waals surface area (Å²) >= 11 is 0. The number of aromatic amines is 1. The molecule has 6 rings (SSSR count). The average Bonchev–Trinajstić information content (AvgIpc) is 3.42. The van der Waals surface area contributed by atoms with Crippen molar-refractivity contribution in [3.05, 3.63) is 70.9 Å². The molecular formula is C28H28N4O3. The van der Waals surface area contributed by atoms with Gasteiger partial charge in [-0.3, -0.25) is 14.4 Å². The minimum Gasteiger partial charge on any atom is -0.366 e. The minimum absolute atomic E-state index is 0.0575. The molecule has 0 saturated carbocycles. The molecule has 1 unspecified atom stereocenters. The van der Waals surface area contributed by atoms with Gasteiger partial charge in [0.1, 0.15) is 0 Å². The number of carbonyl (C=O) groups excluding carboxylic acids is 3. The van der Waals surface area contributed by atoms with Crippen molar-refractivity contribution in [3.63, 3.8) is 0 Å². The van der Waals surface area contributed by atoms with Crippen molar-refractivity contribution in [1.29, 1.82) is 0 Å². The zero-order valence-corrected chi connectivity index (χ0v) is 19.6. The maximum absolute atomic E-state index is 12.3. The number of hydrogen-bond acceptors (Lipinski definition) is 3. The zero-order valence-electron chi connectivity index (χ0n) is 19.6. The maximum atomic E-state index is 12.3. The van der Waals surface area contributed by atoms with Gasteiger partial charge in [0.2, 0.25) is 11.8 Å². The van der Waals surface area contributed by atoms with E-state index in [4.69, 9.17) is 5.73 Å². The Kier molecular flexibility index (Phi) is 4.85. The van der Waals surface area contributed by atoms with Crippen LogP contribution in [0.4, 0.5) is 0 Å². The van der Waals surface area contributed by atoms with Crippen molar-refractivity contribution < 1.29 is 14.4 Å². The van der Waals surface area contributed by atoms with Gasteiger partial charge >= 0.3 is 0 Å². The molecule has 1 fully saturated rings. The number of amides is 3. The van der Waals surface area contributed by atoms with E-state index >= 15 is 0 Å². The summed E-state index contributed by atoms with van der Waals surface area (Å²) in [7, 11) is 0. The van der Waals surface area contributed by atoms with Crippen molar-refractivity contribution in [1.82, 2.24) is 15.2 Å². The fourth-order valence-corrected chi connectivity index (χ4v) is 6.33. The number of nitrogens with zero attached hydrogens (tertiary/aromatic N) is 1. The Morgan fingerprint density at radius 3 is 2.63 bits per heavy atom. The topological polar surface area (TPSA) is 108 Å². The molecular weight excluding hydrogens is 440 g/mol. The summed E-state index contributed by atoms with van der Waals surface area (Å²) in [6, 6.07) is 10.0. The molecule has 1 atom stereocenters. The number of nitrogens with one attached hydrogen (secondary N) is 2. The number of aromatic nitrogens is 1. The van der Waals surface area contributed by atoms with E-state index in [1.807, 2.05) is 23.1 Å². The second kappa shape index (κ2) is 7.83. The van der Waals surface area contributed by atoms with Gasteiger partial charge in [-0.2, -0.15) is 0 Å². The summed E-state index contributed by atoms with van der Waals surface area (Å²) in [6.45, 7) is 4.81. The molecule has 1 spiro atoms. The first-order valence-corrected chi connectivity index (χ1v) is 12.2. The van der Waals surface area contributed by atoms with Crippen LogP contribution in [-0.2, 0) is 35.4 Å². The van der Waals surface area contributed by atoms with Crippen molar-refractivity contribution in [3.8, 4) is 11.1 Å². The fraction of sp³-hybridized carbons (Fsp3) is 0.321. The quantitative estimate of drug-likeness (QED) is 0.514. The molecule has 178 valence electrons. The molecule has 1 aromatic heterocycles. The SMILES string of the molecule is C=CC(=O)N1CCc2c(cccc2-c2ccc(C(N)=O)c3[nH]c4c(c23)CC2(CCC(=O)N2)CC4)C1. The predicted molar refractivity (Wildman–Crippen MR) is 134 cm³/mol. The highest BCUT2D eigenvalue weighted by atomic mass is 16.2. The standard InChI is InChI=1S/C28H28N4O3/c1-2-24(34)32-13-10-17-16(15-32)4-3-5-18(17)19-6-7-20(27(29)35)26-25(19)21-14-28(11-8-22(21)30-26)12-9-23(33)31-28/h2-7,30H,1,8-15H2,(H2,29,35)(H,31,33). The maximum Gasteiger partial charge on any atom is 0.250 e. The van der Waals surface area contributed by atoms with E-state index in [2.05, 4.69) is 29.0 Å². The molecule has 7 nitrogen and oxygen atoms in total. The van der Waals surface area contributed by atoms with E-state index in [1.54, 1.807) is 0 Å². The molecule has 35 heavy (non-hydrogen) atoms. The molecule has 3 aromatic rings. The molecule has 3 heterocycles. The Morgan fingerprint density at radius 2 is 1.89 bits per heavy atom. The predicted octanol–water partition coefficient (Wildman–Crippen LogP) is 3.14. The molecule has 3 amide bonds. The van der Waals surface area contributed by atoms with Crippen LogP contribution in [0.2, 0.25) is 0 Å². The van der Waals surface area contributed by atoms with Gasteiger partial charge in [0.05, 0.1) is 11.1 Å². The molecule has 4 N–H and O–H groups in total. The first-order chi connectivity index (χ1) is 16.9. The van der Waals surface area contributed by atoms with Crippen LogP contribution >= 0.6 is 0 Å². The van der Waals surface area contributed by atoms with Crippen LogP contribution in [0.15, 0.2) is 43.0 Å².